The van der Waals surface area contributed by atoms with E-state index < -0.39 is 17.7 Å². The van der Waals surface area contributed by atoms with E-state index in [0.29, 0.717) is 31.6 Å². The summed E-state index contributed by atoms with van der Waals surface area (Å²) in [6.07, 6.45) is -0.935. The lowest BCUT2D eigenvalue weighted by molar-refractivity contribution is 0.0589. The number of carbonyl (C=O) groups is 1. The van der Waals surface area contributed by atoms with Crippen LogP contribution in [-0.2, 0) is 9.57 Å². The first-order valence-electron chi connectivity index (χ1n) is 7.23. The molecule has 23 heavy (non-hydrogen) atoms. The van der Waals surface area contributed by atoms with E-state index >= 15 is 0 Å². The number of cyclic esters (lactones) is 1. The molecule has 1 aromatic carbocycles. The van der Waals surface area contributed by atoms with Crippen LogP contribution in [0.25, 0.3) is 0 Å². The smallest absolute Gasteiger partial charge is 0.414 e. The number of nitrogens with one attached hydrogen (secondary N) is 1. The van der Waals surface area contributed by atoms with Crippen LogP contribution in [-0.4, -0.2) is 50.3 Å². The molecule has 2 saturated heterocycles. The second kappa shape index (κ2) is 6.98. The molecule has 1 atom stereocenters. The van der Waals surface area contributed by atoms with Crippen LogP contribution in [0.1, 0.15) is 0 Å². The number of anilines is 2. The molecule has 6 nitrogen and oxygen atoms in total. The van der Waals surface area contributed by atoms with Crippen molar-refractivity contribution in [1.29, 1.82) is 0 Å². The summed E-state index contributed by atoms with van der Waals surface area (Å²) in [7, 11) is 0. The third-order valence-electron chi connectivity index (χ3n) is 3.72. The summed E-state index contributed by atoms with van der Waals surface area (Å²) in [5.74, 6) is -1.42. The number of hydroxylamine groups is 1. The van der Waals surface area contributed by atoms with E-state index in [1.54, 1.807) is 4.90 Å². The Bertz CT molecular complexity index is 574. The van der Waals surface area contributed by atoms with Gasteiger partial charge < -0.3 is 9.64 Å². The first kappa shape index (κ1) is 16.4. The fourth-order valence-electron chi connectivity index (χ4n) is 2.64. The van der Waals surface area contributed by atoms with Crippen LogP contribution in [0.5, 0.6) is 0 Å². The van der Waals surface area contributed by atoms with Gasteiger partial charge >= 0.3 is 6.09 Å². The topological polar surface area (TPSA) is 54.0 Å². The zero-order chi connectivity index (χ0) is 16.4. The monoisotopic (exact) mass is 391 g/mol. The van der Waals surface area contributed by atoms with Crippen LogP contribution < -0.4 is 15.3 Å². The van der Waals surface area contributed by atoms with Crippen molar-refractivity contribution in [3.8, 4) is 0 Å². The number of ether oxygens (including phenoxy) is 1. The molecule has 0 spiro atoms. The molecular formula is C14H16BrF2N3O3. The second-order valence-corrected chi connectivity index (χ2v) is 5.91. The van der Waals surface area contributed by atoms with Gasteiger partial charge in [0.2, 0.25) is 0 Å². The first-order valence-corrected chi connectivity index (χ1v) is 8.35. The molecule has 0 radical (unpaired) electrons. The summed E-state index contributed by atoms with van der Waals surface area (Å²) < 4.78 is 34.0. The Morgan fingerprint density at radius 3 is 2.70 bits per heavy atom. The number of alkyl halides is 1. The highest BCUT2D eigenvalue weighted by molar-refractivity contribution is 9.09. The number of nitrogens with zero attached hydrogens (tertiary/aromatic N) is 2. The number of rotatable bonds is 3. The minimum atomic E-state index is -0.711. The number of amides is 1. The van der Waals surface area contributed by atoms with Crippen molar-refractivity contribution in [2.75, 3.05) is 47.9 Å². The van der Waals surface area contributed by atoms with Crippen LogP contribution in [0.2, 0.25) is 0 Å². The van der Waals surface area contributed by atoms with E-state index in [9.17, 15) is 13.6 Å². The molecule has 0 saturated carbocycles. The van der Waals surface area contributed by atoms with Crippen molar-refractivity contribution in [2.24, 2.45) is 0 Å². The fraction of sp³-hybridized carbons (Fsp3) is 0.500. The summed E-state index contributed by atoms with van der Waals surface area (Å²) in [6, 6.07) is 2.32. The van der Waals surface area contributed by atoms with E-state index in [2.05, 4.69) is 21.4 Å². The van der Waals surface area contributed by atoms with Gasteiger partial charge in [-0.25, -0.2) is 19.1 Å². The summed E-state index contributed by atoms with van der Waals surface area (Å²) in [5.41, 5.74) is 2.75. The van der Waals surface area contributed by atoms with Crippen molar-refractivity contribution < 1.29 is 23.1 Å². The molecule has 0 bridgehead atoms. The van der Waals surface area contributed by atoms with Crippen molar-refractivity contribution in [3.63, 3.8) is 0 Å². The van der Waals surface area contributed by atoms with Crippen LogP contribution in [0, 0.1) is 11.6 Å². The van der Waals surface area contributed by atoms with E-state index in [0.717, 1.165) is 12.1 Å². The van der Waals surface area contributed by atoms with Gasteiger partial charge in [-0.15, -0.1) is 0 Å². The zero-order valence-electron chi connectivity index (χ0n) is 12.2. The molecule has 1 aromatic rings. The van der Waals surface area contributed by atoms with Crippen LogP contribution in [0.15, 0.2) is 12.1 Å². The molecule has 0 aromatic heterocycles. The van der Waals surface area contributed by atoms with Gasteiger partial charge in [0.25, 0.3) is 0 Å². The number of hydrogen-bond donors (Lipinski definition) is 1. The van der Waals surface area contributed by atoms with Gasteiger partial charge in [0, 0.05) is 37.1 Å². The van der Waals surface area contributed by atoms with E-state index in [1.807, 2.05) is 0 Å². The number of halogens is 3. The van der Waals surface area contributed by atoms with Gasteiger partial charge in [-0.05, 0) is 0 Å². The summed E-state index contributed by atoms with van der Waals surface area (Å²) in [5, 5.41) is 0.471. The molecule has 2 fully saturated rings. The van der Waals surface area contributed by atoms with Crippen molar-refractivity contribution in [1.82, 2.24) is 5.48 Å². The van der Waals surface area contributed by atoms with Crippen LogP contribution in [0.3, 0.4) is 0 Å². The van der Waals surface area contributed by atoms with E-state index in [1.165, 1.54) is 4.90 Å². The molecular weight excluding hydrogens is 376 g/mol. The average Bonchev–Trinajstić information content (AvgIpc) is 2.71. The van der Waals surface area contributed by atoms with E-state index in [-0.39, 0.29) is 24.0 Å². The maximum atomic E-state index is 14.5. The summed E-state index contributed by atoms with van der Waals surface area (Å²) in [6.45, 7) is 1.84. The highest BCUT2D eigenvalue weighted by Gasteiger charge is 2.33. The number of benzene rings is 1. The molecule has 0 unspecified atom stereocenters. The van der Waals surface area contributed by atoms with Crippen molar-refractivity contribution >= 4 is 33.4 Å². The Labute approximate surface area is 140 Å². The molecule has 9 heteroatoms. The van der Waals surface area contributed by atoms with Gasteiger partial charge in [0.1, 0.15) is 11.8 Å². The minimum Gasteiger partial charge on any atom is -0.443 e. The normalized spacial score (nSPS) is 22.2. The Balaban J connectivity index is 1.87. The molecule has 0 aliphatic carbocycles. The Kier molecular flexibility index (Phi) is 4.98. The quantitative estimate of drug-likeness (QED) is 0.798. The number of hydrogen-bond acceptors (Lipinski definition) is 5. The molecule has 1 N–H and O–H groups in total. The van der Waals surface area contributed by atoms with Gasteiger partial charge in [0.15, 0.2) is 11.6 Å². The zero-order valence-corrected chi connectivity index (χ0v) is 13.8. The molecule has 126 valence electrons. The van der Waals surface area contributed by atoms with Crippen molar-refractivity contribution in [2.45, 2.75) is 6.10 Å². The largest absolute Gasteiger partial charge is 0.443 e. The average molecular weight is 392 g/mol. The highest BCUT2D eigenvalue weighted by atomic mass is 79.9. The minimum absolute atomic E-state index is 0.106. The SMILES string of the molecule is O=C1O[C@@H](CBr)CN1c1cc(F)c(N2CCNOCC2)c(F)c1. The lowest BCUT2D eigenvalue weighted by Crippen LogP contribution is -2.31. The predicted molar refractivity (Wildman–Crippen MR) is 83.9 cm³/mol. The fourth-order valence-corrected chi connectivity index (χ4v) is 2.98. The Morgan fingerprint density at radius 2 is 2.04 bits per heavy atom. The Hall–Kier alpha value is -1.45. The van der Waals surface area contributed by atoms with E-state index in [4.69, 9.17) is 9.57 Å². The van der Waals surface area contributed by atoms with Gasteiger partial charge in [-0.1, -0.05) is 15.9 Å². The standard InChI is InChI=1S/C14H16BrF2N3O3/c15-7-10-8-20(14(21)23-10)9-5-11(16)13(12(17)6-9)19-2-1-18-22-4-3-19/h5-6,10,18H,1-4,7-8H2/t10-/m0/s1. The number of carbonyl (C=O) groups excluding carboxylic acids is 1. The molecule has 2 heterocycles. The lowest BCUT2D eigenvalue weighted by Gasteiger charge is -2.24. The van der Waals surface area contributed by atoms with Crippen LogP contribution >= 0.6 is 15.9 Å². The van der Waals surface area contributed by atoms with Gasteiger partial charge in [0.05, 0.1) is 18.8 Å². The third kappa shape index (κ3) is 3.41. The first-order chi connectivity index (χ1) is 11.1. The van der Waals surface area contributed by atoms with Crippen LogP contribution in [0.4, 0.5) is 25.0 Å². The maximum Gasteiger partial charge on any atom is 0.414 e. The summed E-state index contributed by atoms with van der Waals surface area (Å²) >= 11 is 3.23. The second-order valence-electron chi connectivity index (χ2n) is 5.26. The maximum absolute atomic E-state index is 14.5. The predicted octanol–water partition coefficient (Wildman–Crippen LogP) is 2.03. The van der Waals surface area contributed by atoms with Gasteiger partial charge in [-0.2, -0.15) is 0 Å². The molecule has 1 amide bonds. The third-order valence-corrected chi connectivity index (χ3v) is 4.45. The van der Waals surface area contributed by atoms with Crippen molar-refractivity contribution in [3.05, 3.63) is 23.8 Å². The molecule has 2 aliphatic heterocycles. The summed E-state index contributed by atoms with van der Waals surface area (Å²) in [4.78, 5) is 19.7. The highest BCUT2D eigenvalue weighted by Crippen LogP contribution is 2.31. The Morgan fingerprint density at radius 1 is 1.30 bits per heavy atom. The molecule has 3 rings (SSSR count). The molecule has 2 aliphatic rings. The lowest BCUT2D eigenvalue weighted by atomic mass is 10.2. The van der Waals surface area contributed by atoms with Gasteiger partial charge in [-0.3, -0.25) is 9.74 Å².